The molecule has 1 aliphatic rings. The van der Waals surface area contributed by atoms with Gasteiger partial charge in [-0.15, -0.1) is 0 Å². The Morgan fingerprint density at radius 1 is 1.19 bits per heavy atom. The zero-order valence-corrected chi connectivity index (χ0v) is 11.6. The van der Waals surface area contributed by atoms with Gasteiger partial charge < -0.3 is 10.8 Å². The van der Waals surface area contributed by atoms with Crippen LogP contribution in [0.25, 0.3) is 0 Å². The lowest BCUT2D eigenvalue weighted by molar-refractivity contribution is 0.450. The minimum absolute atomic E-state index is 0.0180. The van der Waals surface area contributed by atoms with Crippen LogP contribution in [0.2, 0.25) is 0 Å². The lowest BCUT2D eigenvalue weighted by atomic mass is 9.92. The van der Waals surface area contributed by atoms with Gasteiger partial charge in [0.05, 0.1) is 0 Å². The van der Waals surface area contributed by atoms with Crippen LogP contribution >= 0.6 is 15.9 Å². The van der Waals surface area contributed by atoms with Crippen molar-refractivity contribution in [2.45, 2.75) is 39.7 Å². The van der Waals surface area contributed by atoms with E-state index in [0.29, 0.717) is 11.7 Å². The molecule has 0 bridgehead atoms. The third kappa shape index (κ3) is 1.76. The number of phenolic OH excluding ortho intramolecular Hbond substituents is 1. The number of benzene rings is 1. The predicted molar refractivity (Wildman–Crippen MR) is 69.7 cm³/mol. The summed E-state index contributed by atoms with van der Waals surface area (Å²) in [7, 11) is 0. The zero-order valence-electron chi connectivity index (χ0n) is 9.97. The Balaban J connectivity index is 2.59. The van der Waals surface area contributed by atoms with Crippen LogP contribution in [-0.2, 0) is 0 Å². The number of aromatic hydroxyl groups is 1. The third-order valence-electron chi connectivity index (χ3n) is 3.70. The van der Waals surface area contributed by atoms with Crippen LogP contribution in [0.15, 0.2) is 4.47 Å². The summed E-state index contributed by atoms with van der Waals surface area (Å²) < 4.78 is 1.08. The van der Waals surface area contributed by atoms with Crippen molar-refractivity contribution < 1.29 is 5.11 Å². The fourth-order valence-corrected chi connectivity index (χ4v) is 2.73. The molecule has 2 nitrogen and oxygen atoms in total. The van der Waals surface area contributed by atoms with Crippen LogP contribution < -0.4 is 5.73 Å². The number of hydrogen-bond donors (Lipinski definition) is 2. The molecule has 1 fully saturated rings. The summed E-state index contributed by atoms with van der Waals surface area (Å²) in [6, 6.07) is -0.0180. The van der Waals surface area contributed by atoms with Crippen LogP contribution in [0, 0.1) is 26.7 Å². The van der Waals surface area contributed by atoms with Gasteiger partial charge in [-0.25, -0.2) is 0 Å². The van der Waals surface area contributed by atoms with Gasteiger partial charge in [-0.2, -0.15) is 0 Å². The molecule has 1 atom stereocenters. The van der Waals surface area contributed by atoms with Gasteiger partial charge in [0.25, 0.3) is 0 Å². The second-order valence-electron chi connectivity index (χ2n) is 4.81. The Morgan fingerprint density at radius 3 is 2.25 bits per heavy atom. The number of rotatable bonds is 2. The van der Waals surface area contributed by atoms with E-state index in [4.69, 9.17) is 5.73 Å². The number of phenols is 1. The molecule has 0 radical (unpaired) electrons. The van der Waals surface area contributed by atoms with E-state index in [9.17, 15) is 5.11 Å². The first-order valence-corrected chi connectivity index (χ1v) is 6.48. The Bertz CT molecular complexity index is 409. The van der Waals surface area contributed by atoms with Crippen molar-refractivity contribution in [2.75, 3.05) is 0 Å². The summed E-state index contributed by atoms with van der Waals surface area (Å²) in [6.07, 6.45) is 2.37. The van der Waals surface area contributed by atoms with Gasteiger partial charge in [0.2, 0.25) is 0 Å². The molecule has 0 aliphatic heterocycles. The maximum absolute atomic E-state index is 10.2. The SMILES string of the molecule is Cc1c(C)c(Br)c(C)c(C(N)C2CC2)c1O. The molecular weight excluding hydrogens is 266 g/mol. The second kappa shape index (κ2) is 4.04. The van der Waals surface area contributed by atoms with Gasteiger partial charge in [-0.05, 0) is 56.2 Å². The lowest BCUT2D eigenvalue weighted by Crippen LogP contribution is -2.15. The van der Waals surface area contributed by atoms with E-state index in [1.807, 2.05) is 20.8 Å². The highest BCUT2D eigenvalue weighted by Crippen LogP contribution is 2.46. The molecule has 0 amide bonds. The fraction of sp³-hybridized carbons (Fsp3) is 0.538. The zero-order chi connectivity index (χ0) is 12.0. The number of nitrogens with two attached hydrogens (primary N) is 1. The lowest BCUT2D eigenvalue weighted by Gasteiger charge is -2.20. The Hall–Kier alpha value is -0.540. The molecule has 1 aliphatic carbocycles. The molecule has 1 aromatic rings. The molecule has 3 N–H and O–H groups in total. The summed E-state index contributed by atoms with van der Waals surface area (Å²) in [4.78, 5) is 0. The van der Waals surface area contributed by atoms with E-state index < -0.39 is 0 Å². The highest BCUT2D eigenvalue weighted by atomic mass is 79.9. The molecule has 16 heavy (non-hydrogen) atoms. The van der Waals surface area contributed by atoms with Crippen LogP contribution in [0.1, 0.15) is 41.1 Å². The standard InChI is InChI=1S/C13H18BrNO/c1-6-7(2)13(16)10(8(3)11(6)14)12(15)9-4-5-9/h9,12,16H,4-5,15H2,1-3H3. The fourth-order valence-electron chi connectivity index (χ4n) is 2.22. The van der Waals surface area contributed by atoms with E-state index in [0.717, 1.165) is 26.7 Å². The smallest absolute Gasteiger partial charge is 0.123 e. The summed E-state index contributed by atoms with van der Waals surface area (Å²) >= 11 is 3.59. The first-order chi connectivity index (χ1) is 7.45. The van der Waals surface area contributed by atoms with Crippen molar-refractivity contribution in [1.29, 1.82) is 0 Å². The van der Waals surface area contributed by atoms with Crippen molar-refractivity contribution in [3.63, 3.8) is 0 Å². The summed E-state index contributed by atoms with van der Waals surface area (Å²) in [5, 5.41) is 10.2. The molecule has 1 saturated carbocycles. The summed E-state index contributed by atoms with van der Waals surface area (Å²) in [6.45, 7) is 5.98. The van der Waals surface area contributed by atoms with E-state index in [1.54, 1.807) is 0 Å². The van der Waals surface area contributed by atoms with E-state index >= 15 is 0 Å². The van der Waals surface area contributed by atoms with Crippen molar-refractivity contribution in [1.82, 2.24) is 0 Å². The highest BCUT2D eigenvalue weighted by Gasteiger charge is 2.33. The molecular formula is C13H18BrNO. The normalized spacial score (nSPS) is 17.6. The average Bonchev–Trinajstić information content (AvgIpc) is 3.07. The van der Waals surface area contributed by atoms with E-state index in [2.05, 4.69) is 15.9 Å². The summed E-state index contributed by atoms with van der Waals surface area (Å²) in [5.74, 6) is 0.941. The first-order valence-electron chi connectivity index (χ1n) is 5.68. The van der Waals surface area contributed by atoms with Crippen molar-refractivity contribution in [3.05, 3.63) is 26.7 Å². The molecule has 1 unspecified atom stereocenters. The minimum atomic E-state index is -0.0180. The van der Waals surface area contributed by atoms with Crippen LogP contribution in [0.4, 0.5) is 0 Å². The maximum atomic E-state index is 10.2. The van der Waals surface area contributed by atoms with Gasteiger partial charge in [0.1, 0.15) is 5.75 Å². The van der Waals surface area contributed by atoms with E-state index in [1.165, 1.54) is 12.8 Å². The molecule has 2 rings (SSSR count). The largest absolute Gasteiger partial charge is 0.507 e. The topological polar surface area (TPSA) is 46.2 Å². The molecule has 0 heterocycles. The molecule has 3 heteroatoms. The molecule has 0 aromatic heterocycles. The Labute approximate surface area is 105 Å². The first kappa shape index (κ1) is 11.9. The van der Waals surface area contributed by atoms with Crippen LogP contribution in [-0.4, -0.2) is 5.11 Å². The monoisotopic (exact) mass is 283 g/mol. The maximum Gasteiger partial charge on any atom is 0.123 e. The summed E-state index contributed by atoms with van der Waals surface area (Å²) in [5.41, 5.74) is 10.3. The van der Waals surface area contributed by atoms with Crippen molar-refractivity contribution in [3.8, 4) is 5.75 Å². The number of halogens is 1. The van der Waals surface area contributed by atoms with Gasteiger partial charge in [-0.3, -0.25) is 0 Å². The van der Waals surface area contributed by atoms with Gasteiger partial charge in [0.15, 0.2) is 0 Å². The molecule has 0 spiro atoms. The minimum Gasteiger partial charge on any atom is -0.507 e. The molecule has 1 aromatic carbocycles. The van der Waals surface area contributed by atoms with Crippen LogP contribution in [0.3, 0.4) is 0 Å². The van der Waals surface area contributed by atoms with Crippen molar-refractivity contribution >= 4 is 15.9 Å². The molecule has 0 saturated heterocycles. The van der Waals surface area contributed by atoms with Gasteiger partial charge >= 0.3 is 0 Å². The quantitative estimate of drug-likeness (QED) is 0.873. The number of hydrogen-bond acceptors (Lipinski definition) is 2. The van der Waals surface area contributed by atoms with Crippen LogP contribution in [0.5, 0.6) is 5.75 Å². The average molecular weight is 284 g/mol. The predicted octanol–water partition coefficient (Wildman–Crippen LogP) is 3.49. The Morgan fingerprint density at radius 2 is 1.75 bits per heavy atom. The van der Waals surface area contributed by atoms with Gasteiger partial charge in [0, 0.05) is 16.1 Å². The third-order valence-corrected chi connectivity index (χ3v) is 4.89. The van der Waals surface area contributed by atoms with E-state index in [-0.39, 0.29) is 6.04 Å². The Kier molecular flexibility index (Phi) is 3.01. The van der Waals surface area contributed by atoms with Crippen molar-refractivity contribution in [2.24, 2.45) is 11.7 Å². The van der Waals surface area contributed by atoms with Gasteiger partial charge in [-0.1, -0.05) is 15.9 Å². The highest BCUT2D eigenvalue weighted by molar-refractivity contribution is 9.10. The second-order valence-corrected chi connectivity index (χ2v) is 5.61. The molecule has 88 valence electrons.